The topological polar surface area (TPSA) is 21.3 Å². The minimum absolute atomic E-state index is 0.689. The highest BCUT2D eigenvalue weighted by Crippen LogP contribution is 2.17. The Kier molecular flexibility index (Phi) is 5.10. The number of hydrogen-bond acceptors (Lipinski definition) is 2. The Labute approximate surface area is 119 Å². The lowest BCUT2D eigenvalue weighted by Crippen LogP contribution is -2.05. The average Bonchev–Trinajstić information content (AvgIpc) is 2.42. The summed E-state index contributed by atoms with van der Waals surface area (Å²) >= 11 is 5.86. The molecule has 2 aromatic carbocycles. The Hall–Kier alpha value is -1.67. The monoisotopic (exact) mass is 275 g/mol. The van der Waals surface area contributed by atoms with Crippen LogP contribution in [-0.4, -0.2) is 13.2 Å². The molecule has 0 amide bonds. The number of rotatable bonds is 6. The van der Waals surface area contributed by atoms with Crippen LogP contribution in [0.5, 0.6) is 5.75 Å². The first-order chi connectivity index (χ1) is 9.28. The lowest BCUT2D eigenvalue weighted by atomic mass is 10.1. The van der Waals surface area contributed by atoms with Crippen LogP contribution in [0.15, 0.2) is 48.5 Å². The van der Waals surface area contributed by atoms with Gasteiger partial charge in [0, 0.05) is 23.3 Å². The van der Waals surface area contributed by atoms with Gasteiger partial charge in [0.15, 0.2) is 0 Å². The minimum Gasteiger partial charge on any atom is -0.494 e. The molecule has 0 spiro atoms. The van der Waals surface area contributed by atoms with Crippen LogP contribution < -0.4 is 10.1 Å². The van der Waals surface area contributed by atoms with E-state index < -0.39 is 0 Å². The smallest absolute Gasteiger partial charge is 0.121 e. The second-order valence-corrected chi connectivity index (χ2v) is 4.70. The first kappa shape index (κ1) is 13.8. The average molecular weight is 276 g/mol. The lowest BCUT2D eigenvalue weighted by molar-refractivity contribution is 0.340. The molecule has 0 bridgehead atoms. The third-order valence-corrected chi connectivity index (χ3v) is 3.05. The van der Waals surface area contributed by atoms with E-state index in [1.165, 1.54) is 5.56 Å². The van der Waals surface area contributed by atoms with Crippen LogP contribution in [0.1, 0.15) is 12.5 Å². The van der Waals surface area contributed by atoms with Crippen LogP contribution in [0, 0.1) is 0 Å². The maximum Gasteiger partial charge on any atom is 0.121 e. The van der Waals surface area contributed by atoms with E-state index in [-0.39, 0.29) is 0 Å². The molecule has 3 heteroatoms. The van der Waals surface area contributed by atoms with E-state index in [0.29, 0.717) is 6.61 Å². The van der Waals surface area contributed by atoms with Gasteiger partial charge in [0.05, 0.1) is 6.61 Å². The summed E-state index contributed by atoms with van der Waals surface area (Å²) in [4.78, 5) is 0. The molecule has 0 fully saturated rings. The Morgan fingerprint density at radius 3 is 2.63 bits per heavy atom. The molecule has 0 saturated heterocycles. The predicted molar refractivity (Wildman–Crippen MR) is 81.3 cm³/mol. The lowest BCUT2D eigenvalue weighted by Gasteiger charge is -2.09. The summed E-state index contributed by atoms with van der Waals surface area (Å²) in [5.41, 5.74) is 2.36. The standard InChI is InChI=1S/C16H18ClNO/c1-2-19-16-5-3-4-15(12-16)18-11-10-13-6-8-14(17)9-7-13/h3-9,12,18H,2,10-11H2,1H3. The Morgan fingerprint density at radius 2 is 1.89 bits per heavy atom. The van der Waals surface area contributed by atoms with Gasteiger partial charge in [0.25, 0.3) is 0 Å². The van der Waals surface area contributed by atoms with Gasteiger partial charge < -0.3 is 10.1 Å². The second kappa shape index (κ2) is 7.05. The molecule has 19 heavy (non-hydrogen) atoms. The van der Waals surface area contributed by atoms with Gasteiger partial charge in [0.2, 0.25) is 0 Å². The highest BCUT2D eigenvalue weighted by atomic mass is 35.5. The van der Waals surface area contributed by atoms with Gasteiger partial charge in [-0.05, 0) is 43.2 Å². The van der Waals surface area contributed by atoms with Crippen molar-refractivity contribution in [2.24, 2.45) is 0 Å². The van der Waals surface area contributed by atoms with E-state index in [1.54, 1.807) is 0 Å². The largest absolute Gasteiger partial charge is 0.494 e. The first-order valence-corrected chi connectivity index (χ1v) is 6.87. The Morgan fingerprint density at radius 1 is 1.11 bits per heavy atom. The van der Waals surface area contributed by atoms with E-state index in [4.69, 9.17) is 16.3 Å². The number of halogens is 1. The SMILES string of the molecule is CCOc1cccc(NCCc2ccc(Cl)cc2)c1. The predicted octanol–water partition coefficient (Wildman–Crippen LogP) is 4.39. The van der Waals surface area contributed by atoms with Crippen molar-refractivity contribution >= 4 is 17.3 Å². The van der Waals surface area contributed by atoms with Gasteiger partial charge in [-0.2, -0.15) is 0 Å². The fraction of sp³-hybridized carbons (Fsp3) is 0.250. The summed E-state index contributed by atoms with van der Waals surface area (Å²) < 4.78 is 5.47. The summed E-state index contributed by atoms with van der Waals surface area (Å²) in [7, 11) is 0. The zero-order valence-electron chi connectivity index (χ0n) is 11.0. The summed E-state index contributed by atoms with van der Waals surface area (Å²) in [6, 6.07) is 16.0. The zero-order valence-corrected chi connectivity index (χ0v) is 11.8. The van der Waals surface area contributed by atoms with Crippen LogP contribution in [0.2, 0.25) is 5.02 Å². The first-order valence-electron chi connectivity index (χ1n) is 6.49. The molecule has 0 aliphatic heterocycles. The van der Waals surface area contributed by atoms with Gasteiger partial charge in [0.1, 0.15) is 5.75 Å². The number of benzene rings is 2. The molecule has 0 unspecified atom stereocenters. The zero-order chi connectivity index (χ0) is 13.5. The van der Waals surface area contributed by atoms with Crippen molar-refractivity contribution < 1.29 is 4.74 Å². The maximum absolute atomic E-state index is 5.86. The van der Waals surface area contributed by atoms with Crippen molar-refractivity contribution in [3.05, 3.63) is 59.1 Å². The Bertz CT molecular complexity index is 510. The van der Waals surface area contributed by atoms with Gasteiger partial charge in [-0.25, -0.2) is 0 Å². The molecule has 2 rings (SSSR count). The van der Waals surface area contributed by atoms with E-state index >= 15 is 0 Å². The van der Waals surface area contributed by atoms with Crippen LogP contribution in [0.4, 0.5) is 5.69 Å². The molecule has 100 valence electrons. The van der Waals surface area contributed by atoms with Crippen molar-refractivity contribution in [1.82, 2.24) is 0 Å². The fourth-order valence-electron chi connectivity index (χ4n) is 1.86. The normalized spacial score (nSPS) is 10.2. The van der Waals surface area contributed by atoms with Gasteiger partial charge in [-0.1, -0.05) is 29.8 Å². The van der Waals surface area contributed by atoms with E-state index in [0.717, 1.165) is 29.4 Å². The van der Waals surface area contributed by atoms with Crippen LogP contribution >= 0.6 is 11.6 Å². The maximum atomic E-state index is 5.86. The van der Waals surface area contributed by atoms with Crippen molar-refractivity contribution in [2.45, 2.75) is 13.3 Å². The van der Waals surface area contributed by atoms with Crippen LogP contribution in [0.3, 0.4) is 0 Å². The molecule has 0 aliphatic carbocycles. The molecule has 0 aliphatic rings. The quantitative estimate of drug-likeness (QED) is 0.844. The molecular weight excluding hydrogens is 258 g/mol. The van der Waals surface area contributed by atoms with Crippen molar-refractivity contribution in [1.29, 1.82) is 0 Å². The number of hydrogen-bond donors (Lipinski definition) is 1. The Balaban J connectivity index is 1.85. The number of ether oxygens (including phenoxy) is 1. The summed E-state index contributed by atoms with van der Waals surface area (Å²) in [6.07, 6.45) is 0.968. The third-order valence-electron chi connectivity index (χ3n) is 2.80. The number of anilines is 1. The van der Waals surface area contributed by atoms with Gasteiger partial charge in [-0.3, -0.25) is 0 Å². The summed E-state index contributed by atoms with van der Waals surface area (Å²) in [5.74, 6) is 0.902. The highest BCUT2D eigenvalue weighted by molar-refractivity contribution is 6.30. The second-order valence-electron chi connectivity index (χ2n) is 4.26. The van der Waals surface area contributed by atoms with E-state index in [2.05, 4.69) is 17.4 Å². The molecule has 0 saturated carbocycles. The van der Waals surface area contributed by atoms with Crippen LogP contribution in [0.25, 0.3) is 0 Å². The highest BCUT2D eigenvalue weighted by Gasteiger charge is 1.97. The van der Waals surface area contributed by atoms with Crippen molar-refractivity contribution in [2.75, 3.05) is 18.5 Å². The molecule has 1 N–H and O–H groups in total. The van der Waals surface area contributed by atoms with Gasteiger partial charge >= 0.3 is 0 Å². The molecule has 0 radical (unpaired) electrons. The molecule has 0 heterocycles. The summed E-state index contributed by atoms with van der Waals surface area (Å²) in [6.45, 7) is 3.56. The third kappa shape index (κ3) is 4.49. The number of nitrogens with one attached hydrogen (secondary N) is 1. The molecule has 0 aromatic heterocycles. The van der Waals surface area contributed by atoms with E-state index in [9.17, 15) is 0 Å². The molecule has 2 aromatic rings. The van der Waals surface area contributed by atoms with Crippen LogP contribution in [-0.2, 0) is 6.42 Å². The molecule has 0 atom stereocenters. The molecule has 2 nitrogen and oxygen atoms in total. The minimum atomic E-state index is 0.689. The van der Waals surface area contributed by atoms with Crippen molar-refractivity contribution in [3.8, 4) is 5.75 Å². The van der Waals surface area contributed by atoms with E-state index in [1.807, 2.05) is 43.3 Å². The fourth-order valence-corrected chi connectivity index (χ4v) is 1.99. The van der Waals surface area contributed by atoms with Gasteiger partial charge in [-0.15, -0.1) is 0 Å². The summed E-state index contributed by atoms with van der Waals surface area (Å²) in [5, 5.41) is 4.17. The molecular formula is C16H18ClNO. The van der Waals surface area contributed by atoms with Crippen molar-refractivity contribution in [3.63, 3.8) is 0 Å².